The lowest BCUT2D eigenvalue weighted by Gasteiger charge is -2.18. The highest BCUT2D eigenvalue weighted by Gasteiger charge is 2.41. The van der Waals surface area contributed by atoms with Crippen LogP contribution in [0.25, 0.3) is 16.5 Å². The third-order valence-electron chi connectivity index (χ3n) is 4.75. The Morgan fingerprint density at radius 2 is 1.57 bits per heavy atom. The molecule has 3 aromatic rings. The van der Waals surface area contributed by atoms with Crippen molar-refractivity contribution in [3.05, 3.63) is 74.6 Å². The van der Waals surface area contributed by atoms with Crippen molar-refractivity contribution in [3.63, 3.8) is 0 Å². The fourth-order valence-electron chi connectivity index (χ4n) is 3.11. The first-order valence-electron chi connectivity index (χ1n) is 7.60. The van der Waals surface area contributed by atoms with E-state index in [2.05, 4.69) is 6.92 Å². The molecule has 2 nitrogen and oxygen atoms in total. The van der Waals surface area contributed by atoms with E-state index in [-0.39, 0.29) is 11.0 Å². The van der Waals surface area contributed by atoms with Gasteiger partial charge in [-0.2, -0.15) is 0 Å². The Labute approximate surface area is 144 Å². The van der Waals surface area contributed by atoms with Gasteiger partial charge in [0.1, 0.15) is 0 Å². The summed E-state index contributed by atoms with van der Waals surface area (Å²) in [5.41, 5.74) is 1.77. The molecule has 1 fully saturated rings. The minimum absolute atomic E-state index is 0.0939. The Morgan fingerprint density at radius 3 is 2.17 bits per heavy atom. The number of hydrogen-bond acceptors (Lipinski definition) is 1. The fraction of sp³-hybridized carbons (Fsp3) is 0.211. The van der Waals surface area contributed by atoms with E-state index in [1.807, 2.05) is 30.5 Å². The van der Waals surface area contributed by atoms with Gasteiger partial charge in [0.15, 0.2) is 0 Å². The van der Waals surface area contributed by atoms with Crippen LogP contribution in [-0.4, -0.2) is 4.57 Å². The van der Waals surface area contributed by atoms with Gasteiger partial charge in [-0.1, -0.05) is 54.4 Å². The van der Waals surface area contributed by atoms with Crippen LogP contribution in [0.15, 0.2) is 53.5 Å². The second-order valence-corrected chi connectivity index (χ2v) is 7.21. The van der Waals surface area contributed by atoms with Crippen molar-refractivity contribution in [1.82, 2.24) is 4.57 Å². The predicted octanol–water partition coefficient (Wildman–Crippen LogP) is 5.35. The summed E-state index contributed by atoms with van der Waals surface area (Å²) in [6.45, 7) is 2.23. The van der Waals surface area contributed by atoms with Crippen LogP contribution in [0.5, 0.6) is 0 Å². The van der Waals surface area contributed by atoms with E-state index in [1.54, 1.807) is 22.8 Å². The van der Waals surface area contributed by atoms with Gasteiger partial charge in [0, 0.05) is 11.6 Å². The summed E-state index contributed by atoms with van der Waals surface area (Å²) in [6, 6.07) is 13.0. The largest absolute Gasteiger partial charge is 0.280 e. The number of fused-ring (bicyclic) bond motifs is 1. The first-order valence-corrected chi connectivity index (χ1v) is 8.36. The van der Waals surface area contributed by atoms with E-state index in [0.717, 1.165) is 18.2 Å². The number of benzene rings is 2. The van der Waals surface area contributed by atoms with Crippen LogP contribution in [-0.2, 0) is 5.41 Å². The van der Waals surface area contributed by atoms with Crippen LogP contribution in [0.4, 0.5) is 0 Å². The smallest absolute Gasteiger partial charge is 0.263 e. The van der Waals surface area contributed by atoms with Gasteiger partial charge in [-0.05, 0) is 47.4 Å². The number of nitrogens with zero attached hydrogens (tertiary/aromatic N) is 1. The van der Waals surface area contributed by atoms with Gasteiger partial charge < -0.3 is 0 Å². The second kappa shape index (κ2) is 5.12. The number of pyridine rings is 1. The molecule has 23 heavy (non-hydrogen) atoms. The Hall–Kier alpha value is -1.77. The number of para-hydroxylation sites is 1. The van der Waals surface area contributed by atoms with Crippen molar-refractivity contribution in [1.29, 1.82) is 0 Å². The molecule has 4 heteroatoms. The summed E-state index contributed by atoms with van der Waals surface area (Å²) in [4.78, 5) is 13.0. The molecule has 0 N–H and O–H groups in total. The molecule has 1 aliphatic rings. The molecule has 116 valence electrons. The van der Waals surface area contributed by atoms with Crippen LogP contribution < -0.4 is 5.56 Å². The molecule has 0 radical (unpaired) electrons. The Balaban J connectivity index is 2.13. The van der Waals surface area contributed by atoms with Crippen molar-refractivity contribution in [3.8, 4) is 5.69 Å². The van der Waals surface area contributed by atoms with Crippen LogP contribution in [0.3, 0.4) is 0 Å². The molecule has 0 unspecified atom stereocenters. The molecule has 4 rings (SSSR count). The van der Waals surface area contributed by atoms with Crippen molar-refractivity contribution < 1.29 is 0 Å². The van der Waals surface area contributed by atoms with Gasteiger partial charge in [0.05, 0.1) is 15.7 Å². The lowest BCUT2D eigenvalue weighted by Crippen LogP contribution is -2.21. The van der Waals surface area contributed by atoms with Crippen LogP contribution >= 0.6 is 23.2 Å². The van der Waals surface area contributed by atoms with Crippen molar-refractivity contribution in [2.75, 3.05) is 0 Å². The second-order valence-electron chi connectivity index (χ2n) is 6.39. The highest BCUT2D eigenvalue weighted by Crippen LogP contribution is 2.49. The lowest BCUT2D eigenvalue weighted by atomic mass is 9.94. The first-order chi connectivity index (χ1) is 11.0. The van der Waals surface area contributed by atoms with Crippen LogP contribution in [0.1, 0.15) is 25.3 Å². The molecule has 0 spiro atoms. The monoisotopic (exact) mass is 343 g/mol. The molecule has 1 aromatic heterocycles. The number of rotatable bonds is 2. The number of aromatic nitrogens is 1. The molecule has 0 atom stereocenters. The molecule has 1 saturated carbocycles. The van der Waals surface area contributed by atoms with E-state index in [9.17, 15) is 4.79 Å². The maximum Gasteiger partial charge on any atom is 0.263 e. The standard InChI is InChI=1S/C19H15Cl2NO/c1-19(9-10-19)14-11-22(17-15(20)7-4-8-16(17)21)18(23)13-6-3-2-5-12(13)14/h2-8,11H,9-10H2,1H3. The summed E-state index contributed by atoms with van der Waals surface area (Å²) >= 11 is 12.7. The van der Waals surface area contributed by atoms with Gasteiger partial charge in [0.2, 0.25) is 0 Å². The van der Waals surface area contributed by atoms with Crippen LogP contribution in [0, 0.1) is 0 Å². The summed E-state index contributed by atoms with van der Waals surface area (Å²) in [5, 5.41) is 2.68. The quantitative estimate of drug-likeness (QED) is 0.614. The van der Waals surface area contributed by atoms with E-state index < -0.39 is 0 Å². The Morgan fingerprint density at radius 1 is 0.957 bits per heavy atom. The van der Waals surface area contributed by atoms with E-state index in [1.165, 1.54) is 5.56 Å². The maximum absolute atomic E-state index is 13.0. The molecule has 0 saturated heterocycles. The van der Waals surface area contributed by atoms with Gasteiger partial charge >= 0.3 is 0 Å². The van der Waals surface area contributed by atoms with E-state index in [0.29, 0.717) is 21.1 Å². The molecular formula is C19H15Cl2NO. The molecule has 1 heterocycles. The molecular weight excluding hydrogens is 329 g/mol. The van der Waals surface area contributed by atoms with Gasteiger partial charge in [-0.25, -0.2) is 0 Å². The number of hydrogen-bond donors (Lipinski definition) is 0. The molecule has 0 bridgehead atoms. The van der Waals surface area contributed by atoms with Gasteiger partial charge in [-0.3, -0.25) is 9.36 Å². The van der Waals surface area contributed by atoms with Crippen LogP contribution in [0.2, 0.25) is 10.0 Å². The SMILES string of the molecule is CC1(c2cn(-c3c(Cl)cccc3Cl)c(=O)c3ccccc23)CC1. The Kier molecular flexibility index (Phi) is 3.29. The molecule has 0 aliphatic heterocycles. The molecule has 2 aromatic carbocycles. The summed E-state index contributed by atoms with van der Waals surface area (Å²) in [5.74, 6) is 0. The third-order valence-corrected chi connectivity index (χ3v) is 5.36. The van der Waals surface area contributed by atoms with E-state index in [4.69, 9.17) is 23.2 Å². The minimum Gasteiger partial charge on any atom is -0.280 e. The maximum atomic E-state index is 13.0. The molecule has 1 aliphatic carbocycles. The van der Waals surface area contributed by atoms with Crippen molar-refractivity contribution in [2.45, 2.75) is 25.2 Å². The van der Waals surface area contributed by atoms with Gasteiger partial charge in [0.25, 0.3) is 5.56 Å². The summed E-state index contributed by atoms with van der Waals surface area (Å²) < 4.78 is 1.60. The summed E-state index contributed by atoms with van der Waals surface area (Å²) in [7, 11) is 0. The zero-order chi connectivity index (χ0) is 16.2. The highest BCUT2D eigenvalue weighted by atomic mass is 35.5. The average Bonchev–Trinajstić information content (AvgIpc) is 3.28. The normalized spacial score (nSPS) is 15.8. The summed E-state index contributed by atoms with van der Waals surface area (Å²) in [6.07, 6.45) is 4.18. The minimum atomic E-state index is -0.0939. The van der Waals surface area contributed by atoms with Crippen molar-refractivity contribution >= 4 is 34.0 Å². The zero-order valence-corrected chi connectivity index (χ0v) is 14.2. The fourth-order valence-corrected chi connectivity index (χ4v) is 3.69. The Bertz CT molecular complexity index is 966. The lowest BCUT2D eigenvalue weighted by molar-refractivity contribution is 0.779. The predicted molar refractivity (Wildman–Crippen MR) is 96.2 cm³/mol. The average molecular weight is 344 g/mol. The number of halogens is 2. The van der Waals surface area contributed by atoms with Gasteiger partial charge in [-0.15, -0.1) is 0 Å². The van der Waals surface area contributed by atoms with Crippen molar-refractivity contribution in [2.24, 2.45) is 0 Å². The third kappa shape index (κ3) is 2.29. The zero-order valence-electron chi connectivity index (χ0n) is 12.6. The molecule has 0 amide bonds. The topological polar surface area (TPSA) is 22.0 Å². The van der Waals surface area contributed by atoms with E-state index >= 15 is 0 Å². The first kappa shape index (κ1) is 14.8. The highest BCUT2D eigenvalue weighted by molar-refractivity contribution is 6.37.